The van der Waals surface area contributed by atoms with Gasteiger partial charge in [-0.3, -0.25) is 19.4 Å². The maximum atomic E-state index is 13.3. The molecule has 0 aromatic carbocycles. The van der Waals surface area contributed by atoms with Crippen LogP contribution in [-0.2, 0) is 11.3 Å². The number of pyridine rings is 2. The molecular weight excluding hydrogens is 406 g/mol. The van der Waals surface area contributed by atoms with Gasteiger partial charge < -0.3 is 14.6 Å². The Kier molecular flexibility index (Phi) is 8.16. The molecule has 0 fully saturated rings. The lowest BCUT2D eigenvalue weighted by atomic mass is 10.1. The number of unbranched alkanes of at least 4 members (excludes halogenated alkanes) is 4. The van der Waals surface area contributed by atoms with Crippen LogP contribution in [0.3, 0.4) is 0 Å². The average molecular weight is 440 g/mol. The normalized spacial score (nSPS) is 11.3. The standard InChI is InChI=1S/C24H33N5O3/c1-4-5-6-7-8-12-26-23(30)18-16-19-22(28(20(18)25)14-10-15-32-3)27-21-17(2)11-9-13-29(21)24(19)31/h9,11,13,16,25H,4-8,10,12,14-15H2,1-3H3,(H,26,30). The Morgan fingerprint density at radius 2 is 1.97 bits per heavy atom. The van der Waals surface area contributed by atoms with Crippen LogP contribution in [0.1, 0.15) is 61.4 Å². The number of carbonyl (C=O) groups is 1. The molecule has 172 valence electrons. The summed E-state index contributed by atoms with van der Waals surface area (Å²) in [6.07, 6.45) is 7.80. The number of aromatic nitrogens is 3. The highest BCUT2D eigenvalue weighted by Gasteiger charge is 2.17. The van der Waals surface area contributed by atoms with Crippen molar-refractivity contribution in [2.24, 2.45) is 0 Å². The van der Waals surface area contributed by atoms with Crippen LogP contribution >= 0.6 is 0 Å². The fourth-order valence-corrected chi connectivity index (χ4v) is 3.88. The minimum atomic E-state index is -0.332. The van der Waals surface area contributed by atoms with Gasteiger partial charge in [0.05, 0.1) is 10.9 Å². The second kappa shape index (κ2) is 11.0. The van der Waals surface area contributed by atoms with E-state index < -0.39 is 0 Å². The number of nitrogens with zero attached hydrogens (tertiary/aromatic N) is 3. The third-order valence-corrected chi connectivity index (χ3v) is 5.67. The van der Waals surface area contributed by atoms with Gasteiger partial charge >= 0.3 is 0 Å². The van der Waals surface area contributed by atoms with Crippen molar-refractivity contribution in [2.75, 3.05) is 20.3 Å². The Balaban J connectivity index is 2.03. The van der Waals surface area contributed by atoms with Crippen LogP contribution in [0.4, 0.5) is 0 Å². The third kappa shape index (κ3) is 5.07. The van der Waals surface area contributed by atoms with Crippen LogP contribution in [0.15, 0.2) is 29.2 Å². The average Bonchev–Trinajstić information content (AvgIpc) is 2.78. The third-order valence-electron chi connectivity index (χ3n) is 5.67. The van der Waals surface area contributed by atoms with Crippen molar-refractivity contribution in [3.63, 3.8) is 0 Å². The van der Waals surface area contributed by atoms with Gasteiger partial charge in [-0.05, 0) is 37.5 Å². The molecule has 1 amide bonds. The molecule has 0 unspecified atom stereocenters. The molecule has 0 atom stereocenters. The number of nitrogens with one attached hydrogen (secondary N) is 2. The molecule has 8 nitrogen and oxygen atoms in total. The van der Waals surface area contributed by atoms with E-state index in [2.05, 4.69) is 12.2 Å². The van der Waals surface area contributed by atoms with Crippen molar-refractivity contribution in [3.05, 3.63) is 51.4 Å². The van der Waals surface area contributed by atoms with Gasteiger partial charge in [-0.25, -0.2) is 4.98 Å². The van der Waals surface area contributed by atoms with Crippen molar-refractivity contribution in [2.45, 2.75) is 58.9 Å². The Hall–Kier alpha value is -3.00. The van der Waals surface area contributed by atoms with E-state index in [0.717, 1.165) is 24.8 Å². The van der Waals surface area contributed by atoms with Gasteiger partial charge in [0.25, 0.3) is 11.5 Å². The Morgan fingerprint density at radius 1 is 1.19 bits per heavy atom. The maximum absolute atomic E-state index is 13.3. The van der Waals surface area contributed by atoms with E-state index in [1.807, 2.05) is 13.0 Å². The largest absolute Gasteiger partial charge is 0.385 e. The zero-order valence-electron chi connectivity index (χ0n) is 19.2. The summed E-state index contributed by atoms with van der Waals surface area (Å²) in [4.78, 5) is 30.9. The van der Waals surface area contributed by atoms with Crippen LogP contribution < -0.4 is 16.4 Å². The van der Waals surface area contributed by atoms with E-state index in [0.29, 0.717) is 42.8 Å². The summed E-state index contributed by atoms with van der Waals surface area (Å²) in [6.45, 7) is 5.55. The number of hydrogen-bond donors (Lipinski definition) is 2. The number of fused-ring (bicyclic) bond motifs is 2. The molecule has 0 aliphatic carbocycles. The highest BCUT2D eigenvalue weighted by molar-refractivity contribution is 5.96. The molecule has 32 heavy (non-hydrogen) atoms. The summed E-state index contributed by atoms with van der Waals surface area (Å²) in [5.41, 5.74) is 1.83. The Labute approximate surface area is 187 Å². The molecule has 0 aliphatic rings. The fourth-order valence-electron chi connectivity index (χ4n) is 3.88. The summed E-state index contributed by atoms with van der Waals surface area (Å²) in [7, 11) is 1.62. The molecule has 3 aromatic rings. The molecule has 8 heteroatoms. The van der Waals surface area contributed by atoms with Gasteiger partial charge in [0, 0.05) is 33.0 Å². The molecular formula is C24H33N5O3. The number of rotatable bonds is 11. The SMILES string of the molecule is CCCCCCCNC(=O)c1cc2c(=O)n3cccc(C)c3nc2n(CCCOC)c1=N. The minimum absolute atomic E-state index is 0.0573. The maximum Gasteiger partial charge on any atom is 0.267 e. The first-order valence-electron chi connectivity index (χ1n) is 11.4. The summed E-state index contributed by atoms with van der Waals surface area (Å²) >= 11 is 0. The zero-order valence-corrected chi connectivity index (χ0v) is 19.2. The van der Waals surface area contributed by atoms with Crippen LogP contribution in [0, 0.1) is 12.3 Å². The summed E-state index contributed by atoms with van der Waals surface area (Å²) in [5, 5.41) is 12.0. The second-order valence-corrected chi connectivity index (χ2v) is 8.11. The molecule has 0 bridgehead atoms. The van der Waals surface area contributed by atoms with Crippen LogP contribution in [-0.4, -0.2) is 40.1 Å². The number of methoxy groups -OCH3 is 1. The minimum Gasteiger partial charge on any atom is -0.385 e. The number of hydrogen-bond acceptors (Lipinski definition) is 5. The van der Waals surface area contributed by atoms with E-state index in [4.69, 9.17) is 15.1 Å². The van der Waals surface area contributed by atoms with Gasteiger partial charge in [-0.2, -0.15) is 0 Å². The van der Waals surface area contributed by atoms with Crippen molar-refractivity contribution in [1.29, 1.82) is 5.41 Å². The lowest BCUT2D eigenvalue weighted by molar-refractivity contribution is 0.0950. The number of ether oxygens (including phenoxy) is 1. The molecule has 0 saturated carbocycles. The van der Waals surface area contributed by atoms with Crippen molar-refractivity contribution < 1.29 is 9.53 Å². The zero-order chi connectivity index (χ0) is 23.1. The quantitative estimate of drug-likeness (QED) is 0.354. The van der Waals surface area contributed by atoms with Crippen LogP contribution in [0.2, 0.25) is 0 Å². The van der Waals surface area contributed by atoms with Crippen molar-refractivity contribution >= 4 is 22.6 Å². The van der Waals surface area contributed by atoms with E-state index in [-0.39, 0.29) is 22.5 Å². The van der Waals surface area contributed by atoms with Gasteiger partial charge in [0.15, 0.2) is 0 Å². The topological polar surface area (TPSA) is 101 Å². The first-order chi connectivity index (χ1) is 15.5. The van der Waals surface area contributed by atoms with Gasteiger partial charge in [0.2, 0.25) is 0 Å². The van der Waals surface area contributed by atoms with E-state index in [1.54, 1.807) is 23.9 Å². The first-order valence-corrected chi connectivity index (χ1v) is 11.4. The number of carbonyl (C=O) groups excluding carboxylic acids is 1. The summed E-state index contributed by atoms with van der Waals surface area (Å²) in [5.74, 6) is -0.332. The van der Waals surface area contributed by atoms with Gasteiger partial charge in [-0.1, -0.05) is 38.7 Å². The van der Waals surface area contributed by atoms with Crippen LogP contribution in [0.25, 0.3) is 16.7 Å². The van der Waals surface area contributed by atoms with Crippen molar-refractivity contribution in [3.8, 4) is 0 Å². The summed E-state index contributed by atoms with van der Waals surface area (Å²) < 4.78 is 8.31. The first kappa shape index (κ1) is 23.7. The Morgan fingerprint density at radius 3 is 2.72 bits per heavy atom. The second-order valence-electron chi connectivity index (χ2n) is 8.11. The summed E-state index contributed by atoms with van der Waals surface area (Å²) in [6, 6.07) is 5.21. The van der Waals surface area contributed by atoms with Gasteiger partial charge in [0.1, 0.15) is 16.8 Å². The molecule has 3 heterocycles. The Bertz CT molecular complexity index is 1210. The predicted molar refractivity (Wildman–Crippen MR) is 125 cm³/mol. The predicted octanol–water partition coefficient (Wildman–Crippen LogP) is 3.17. The monoisotopic (exact) mass is 439 g/mol. The van der Waals surface area contributed by atoms with Gasteiger partial charge in [-0.15, -0.1) is 0 Å². The van der Waals surface area contributed by atoms with E-state index in [1.165, 1.54) is 23.3 Å². The molecule has 0 aliphatic heterocycles. The molecule has 0 radical (unpaired) electrons. The lowest BCUT2D eigenvalue weighted by Crippen LogP contribution is -2.35. The van der Waals surface area contributed by atoms with E-state index >= 15 is 0 Å². The molecule has 0 saturated heterocycles. The highest BCUT2D eigenvalue weighted by atomic mass is 16.5. The van der Waals surface area contributed by atoms with Crippen molar-refractivity contribution in [1.82, 2.24) is 19.3 Å². The smallest absolute Gasteiger partial charge is 0.267 e. The molecule has 3 aromatic heterocycles. The van der Waals surface area contributed by atoms with E-state index in [9.17, 15) is 9.59 Å². The highest BCUT2D eigenvalue weighted by Crippen LogP contribution is 2.13. The van der Waals surface area contributed by atoms with Crippen LogP contribution in [0.5, 0.6) is 0 Å². The fraction of sp³-hybridized carbons (Fsp3) is 0.500. The molecule has 3 rings (SSSR count). The molecule has 2 N–H and O–H groups in total. The lowest BCUT2D eigenvalue weighted by Gasteiger charge is -2.15. The molecule has 0 spiro atoms. The number of aryl methyl sites for hydroxylation is 2. The number of amides is 1.